The first-order valence-corrected chi connectivity index (χ1v) is 11.9. The van der Waals surface area contributed by atoms with Gasteiger partial charge in [-0.15, -0.1) is 5.10 Å². The van der Waals surface area contributed by atoms with E-state index in [1.165, 1.54) is 17.3 Å². The van der Waals surface area contributed by atoms with Crippen molar-refractivity contribution in [2.45, 2.75) is 45.2 Å². The molecule has 4 aromatic rings. The number of hydrogen-bond donors (Lipinski definition) is 1. The highest BCUT2D eigenvalue weighted by atomic mass is 32.2. The molecule has 0 saturated heterocycles. The number of para-hydroxylation sites is 1. The molecule has 0 saturated carbocycles. The van der Waals surface area contributed by atoms with Gasteiger partial charge in [0.1, 0.15) is 0 Å². The van der Waals surface area contributed by atoms with Gasteiger partial charge < -0.3 is 5.32 Å². The van der Waals surface area contributed by atoms with Crippen molar-refractivity contribution in [3.05, 3.63) is 71.5 Å². The van der Waals surface area contributed by atoms with Crippen LogP contribution in [0.25, 0.3) is 11.4 Å². The van der Waals surface area contributed by atoms with Crippen molar-refractivity contribution >= 4 is 23.4 Å². The largest absolute Gasteiger partial charge is 0.323 e. The molecule has 2 aromatic carbocycles. The van der Waals surface area contributed by atoms with Crippen LogP contribution in [0.2, 0.25) is 0 Å². The van der Waals surface area contributed by atoms with Crippen LogP contribution in [0.1, 0.15) is 43.1 Å². The second-order valence-electron chi connectivity index (χ2n) is 8.06. The highest BCUT2D eigenvalue weighted by Crippen LogP contribution is 2.24. The normalized spacial score (nSPS) is 11.2. The zero-order chi connectivity index (χ0) is 23.4. The summed E-state index contributed by atoms with van der Waals surface area (Å²) in [6.45, 7) is 8.17. The molecule has 8 nitrogen and oxygen atoms in total. The van der Waals surface area contributed by atoms with Gasteiger partial charge in [0, 0.05) is 12.2 Å². The maximum Gasteiger partial charge on any atom is 0.225 e. The number of anilines is 1. The number of thioether (sulfide) groups is 1. The van der Waals surface area contributed by atoms with E-state index < -0.39 is 0 Å². The summed E-state index contributed by atoms with van der Waals surface area (Å²) in [5.74, 6) is 0.954. The molecule has 9 heteroatoms. The zero-order valence-corrected chi connectivity index (χ0v) is 20.0. The summed E-state index contributed by atoms with van der Waals surface area (Å²) in [5.41, 5.74) is 5.56. The SMILES string of the molecule is Cc1nn(-c2ccccc2)c(C)c1NC(=O)CCSc1nnnn1-c1ccc(C(C)C)cc1. The number of carbonyl (C=O) groups excluding carboxylic acids is 1. The number of tetrazole rings is 1. The molecule has 2 aromatic heterocycles. The molecule has 0 aliphatic heterocycles. The average molecular weight is 462 g/mol. The van der Waals surface area contributed by atoms with Gasteiger partial charge in [0.2, 0.25) is 11.1 Å². The lowest BCUT2D eigenvalue weighted by atomic mass is 10.0. The van der Waals surface area contributed by atoms with Crippen LogP contribution in [0, 0.1) is 13.8 Å². The fourth-order valence-corrected chi connectivity index (χ4v) is 4.34. The molecule has 170 valence electrons. The van der Waals surface area contributed by atoms with Crippen LogP contribution in [0.3, 0.4) is 0 Å². The summed E-state index contributed by atoms with van der Waals surface area (Å²) in [7, 11) is 0. The van der Waals surface area contributed by atoms with E-state index in [9.17, 15) is 4.79 Å². The van der Waals surface area contributed by atoms with Crippen molar-refractivity contribution in [3.8, 4) is 11.4 Å². The Kier molecular flexibility index (Phi) is 6.88. The van der Waals surface area contributed by atoms with Gasteiger partial charge in [-0.05, 0) is 60.0 Å². The highest BCUT2D eigenvalue weighted by molar-refractivity contribution is 7.99. The number of nitrogens with zero attached hydrogens (tertiary/aromatic N) is 6. The third-order valence-corrected chi connectivity index (χ3v) is 6.28. The first-order valence-electron chi connectivity index (χ1n) is 10.9. The Labute approximate surface area is 197 Å². The highest BCUT2D eigenvalue weighted by Gasteiger charge is 2.16. The van der Waals surface area contributed by atoms with E-state index in [2.05, 4.69) is 51.9 Å². The number of benzene rings is 2. The van der Waals surface area contributed by atoms with Crippen molar-refractivity contribution in [2.75, 3.05) is 11.1 Å². The van der Waals surface area contributed by atoms with Gasteiger partial charge in [-0.1, -0.05) is 55.9 Å². The third-order valence-electron chi connectivity index (χ3n) is 5.36. The van der Waals surface area contributed by atoms with Crippen LogP contribution in [0.15, 0.2) is 59.8 Å². The quantitative estimate of drug-likeness (QED) is 0.382. The molecular formula is C24H27N7OS. The van der Waals surface area contributed by atoms with Crippen molar-refractivity contribution in [3.63, 3.8) is 0 Å². The van der Waals surface area contributed by atoms with E-state index >= 15 is 0 Å². The van der Waals surface area contributed by atoms with Crippen LogP contribution in [-0.2, 0) is 4.79 Å². The smallest absolute Gasteiger partial charge is 0.225 e. The van der Waals surface area contributed by atoms with Crippen LogP contribution in [0.5, 0.6) is 0 Å². The maximum atomic E-state index is 12.6. The summed E-state index contributed by atoms with van der Waals surface area (Å²) in [6.07, 6.45) is 0.333. The fraction of sp³-hybridized carbons (Fsp3) is 0.292. The summed E-state index contributed by atoms with van der Waals surface area (Å²) < 4.78 is 3.54. The molecule has 1 amide bonds. The van der Waals surface area contributed by atoms with Crippen LogP contribution in [-0.4, -0.2) is 41.6 Å². The number of nitrogens with one attached hydrogen (secondary N) is 1. The minimum absolute atomic E-state index is 0.0679. The van der Waals surface area contributed by atoms with Gasteiger partial charge in [0.15, 0.2) is 0 Å². The van der Waals surface area contributed by atoms with Gasteiger partial charge in [0.25, 0.3) is 0 Å². The lowest BCUT2D eigenvalue weighted by Crippen LogP contribution is -2.13. The minimum Gasteiger partial charge on any atom is -0.323 e. The number of aromatic nitrogens is 6. The van der Waals surface area contributed by atoms with Gasteiger partial charge >= 0.3 is 0 Å². The zero-order valence-electron chi connectivity index (χ0n) is 19.2. The molecule has 33 heavy (non-hydrogen) atoms. The topological polar surface area (TPSA) is 90.5 Å². The maximum absolute atomic E-state index is 12.6. The second kappa shape index (κ2) is 9.99. The minimum atomic E-state index is -0.0679. The first kappa shape index (κ1) is 22.7. The van der Waals surface area contributed by atoms with E-state index in [1.54, 1.807) is 4.68 Å². The van der Waals surface area contributed by atoms with E-state index in [0.717, 1.165) is 28.5 Å². The van der Waals surface area contributed by atoms with Crippen LogP contribution >= 0.6 is 11.8 Å². The number of amides is 1. The van der Waals surface area contributed by atoms with Crippen LogP contribution in [0.4, 0.5) is 5.69 Å². The van der Waals surface area contributed by atoms with Gasteiger partial charge in [-0.2, -0.15) is 9.78 Å². The molecule has 0 radical (unpaired) electrons. The van der Waals surface area contributed by atoms with E-state index in [1.807, 2.05) is 61.0 Å². The summed E-state index contributed by atoms with van der Waals surface area (Å²) in [5, 5.41) is 20.3. The van der Waals surface area contributed by atoms with Crippen molar-refractivity contribution < 1.29 is 4.79 Å². The number of aryl methyl sites for hydroxylation is 1. The predicted octanol–water partition coefficient (Wildman–Crippen LogP) is 4.71. The summed E-state index contributed by atoms with van der Waals surface area (Å²) >= 11 is 1.45. The molecular weight excluding hydrogens is 434 g/mol. The molecule has 1 N–H and O–H groups in total. The molecule has 0 fully saturated rings. The third kappa shape index (κ3) is 5.14. The number of carbonyl (C=O) groups is 1. The summed E-state index contributed by atoms with van der Waals surface area (Å²) in [4.78, 5) is 12.6. The number of hydrogen-bond acceptors (Lipinski definition) is 6. The molecule has 2 heterocycles. The van der Waals surface area contributed by atoms with Crippen molar-refractivity contribution in [2.24, 2.45) is 0 Å². The van der Waals surface area contributed by atoms with Crippen molar-refractivity contribution in [1.82, 2.24) is 30.0 Å². The van der Waals surface area contributed by atoms with E-state index in [-0.39, 0.29) is 5.91 Å². The van der Waals surface area contributed by atoms with E-state index in [0.29, 0.717) is 23.2 Å². The Bertz CT molecular complexity index is 1230. The van der Waals surface area contributed by atoms with Gasteiger partial charge in [0.05, 0.1) is 28.5 Å². The standard InChI is InChI=1S/C24H27N7OS/c1-16(2)19-10-12-21(13-11-19)31-24(26-28-29-31)33-15-14-22(32)25-23-17(3)27-30(18(23)4)20-8-6-5-7-9-20/h5-13,16H,14-15H2,1-4H3,(H,25,32). The Morgan fingerprint density at radius 2 is 1.70 bits per heavy atom. The molecule has 0 aliphatic carbocycles. The first-order chi connectivity index (χ1) is 15.9. The van der Waals surface area contributed by atoms with Gasteiger partial charge in [-0.25, -0.2) is 4.68 Å². The van der Waals surface area contributed by atoms with Crippen LogP contribution < -0.4 is 5.32 Å². The second-order valence-corrected chi connectivity index (χ2v) is 9.12. The Hall–Kier alpha value is -3.46. The molecule has 0 aliphatic rings. The van der Waals surface area contributed by atoms with Gasteiger partial charge in [-0.3, -0.25) is 4.79 Å². The average Bonchev–Trinajstić information content (AvgIpc) is 3.39. The number of rotatable bonds is 8. The Morgan fingerprint density at radius 3 is 2.39 bits per heavy atom. The predicted molar refractivity (Wildman–Crippen MR) is 130 cm³/mol. The lowest BCUT2D eigenvalue weighted by molar-refractivity contribution is -0.115. The molecule has 0 unspecified atom stereocenters. The Balaban J connectivity index is 1.37. The Morgan fingerprint density at radius 1 is 1.00 bits per heavy atom. The monoisotopic (exact) mass is 461 g/mol. The lowest BCUT2D eigenvalue weighted by Gasteiger charge is -2.08. The molecule has 0 spiro atoms. The fourth-order valence-electron chi connectivity index (χ4n) is 3.51. The molecule has 0 atom stereocenters. The van der Waals surface area contributed by atoms with Crippen molar-refractivity contribution in [1.29, 1.82) is 0 Å². The van der Waals surface area contributed by atoms with E-state index in [4.69, 9.17) is 0 Å². The molecule has 4 rings (SSSR count). The summed E-state index contributed by atoms with van der Waals surface area (Å²) in [6, 6.07) is 18.1. The molecule has 0 bridgehead atoms.